The number of ether oxygens (including phenoxy) is 1. The van der Waals surface area contributed by atoms with Crippen molar-refractivity contribution >= 4 is 5.91 Å². The molecule has 0 saturated carbocycles. The standard InChI is InChI=1S/C18H20N2O2/c19-15-10-11-20(12-15)18(21)13-22-17-9-5-4-8-16(17)14-6-2-1-3-7-14/h1-9,15H,10-13,19H2/t15-/m1/s1. The summed E-state index contributed by atoms with van der Waals surface area (Å²) in [5.41, 5.74) is 7.91. The number of carbonyl (C=O) groups is 1. The van der Waals surface area contributed by atoms with E-state index in [1.54, 1.807) is 4.90 Å². The molecular weight excluding hydrogens is 276 g/mol. The van der Waals surface area contributed by atoms with Crippen molar-refractivity contribution in [3.8, 4) is 16.9 Å². The van der Waals surface area contributed by atoms with E-state index in [1.807, 2.05) is 54.6 Å². The smallest absolute Gasteiger partial charge is 0.260 e. The van der Waals surface area contributed by atoms with Gasteiger partial charge in [0.25, 0.3) is 5.91 Å². The molecule has 1 atom stereocenters. The Balaban J connectivity index is 1.69. The lowest BCUT2D eigenvalue weighted by Gasteiger charge is -2.17. The lowest BCUT2D eigenvalue weighted by molar-refractivity contribution is -0.132. The van der Waals surface area contributed by atoms with E-state index in [0.717, 1.165) is 29.8 Å². The highest BCUT2D eigenvalue weighted by Gasteiger charge is 2.23. The Labute approximate surface area is 130 Å². The minimum absolute atomic E-state index is 0.00388. The number of para-hydroxylation sites is 1. The number of hydrogen-bond donors (Lipinski definition) is 1. The van der Waals surface area contributed by atoms with E-state index in [4.69, 9.17) is 10.5 Å². The molecule has 1 fully saturated rings. The number of nitrogens with two attached hydrogens (primary N) is 1. The Morgan fingerprint density at radius 3 is 2.59 bits per heavy atom. The molecule has 2 N–H and O–H groups in total. The van der Waals surface area contributed by atoms with E-state index >= 15 is 0 Å². The summed E-state index contributed by atoms with van der Waals surface area (Å²) in [4.78, 5) is 13.9. The predicted molar refractivity (Wildman–Crippen MR) is 86.5 cm³/mol. The maximum absolute atomic E-state index is 12.2. The van der Waals surface area contributed by atoms with Crippen molar-refractivity contribution in [2.75, 3.05) is 19.7 Å². The van der Waals surface area contributed by atoms with Crippen molar-refractivity contribution < 1.29 is 9.53 Å². The monoisotopic (exact) mass is 296 g/mol. The van der Waals surface area contributed by atoms with Gasteiger partial charge in [-0.1, -0.05) is 48.5 Å². The average molecular weight is 296 g/mol. The fourth-order valence-corrected chi connectivity index (χ4v) is 2.69. The van der Waals surface area contributed by atoms with Crippen LogP contribution < -0.4 is 10.5 Å². The average Bonchev–Trinajstić information content (AvgIpc) is 3.00. The first kappa shape index (κ1) is 14.6. The zero-order chi connectivity index (χ0) is 15.4. The van der Waals surface area contributed by atoms with E-state index in [2.05, 4.69) is 0 Å². The second-order valence-corrected chi connectivity index (χ2v) is 5.54. The molecule has 0 bridgehead atoms. The van der Waals surface area contributed by atoms with Crippen LogP contribution in [0, 0.1) is 0 Å². The van der Waals surface area contributed by atoms with E-state index in [0.29, 0.717) is 6.54 Å². The number of carbonyl (C=O) groups excluding carboxylic acids is 1. The Morgan fingerprint density at radius 2 is 1.86 bits per heavy atom. The lowest BCUT2D eigenvalue weighted by Crippen LogP contribution is -2.35. The Hall–Kier alpha value is -2.33. The van der Waals surface area contributed by atoms with Crippen molar-refractivity contribution in [3.05, 3.63) is 54.6 Å². The van der Waals surface area contributed by atoms with Crippen LogP contribution in [0.3, 0.4) is 0 Å². The first-order valence-corrected chi connectivity index (χ1v) is 7.54. The van der Waals surface area contributed by atoms with Crippen LogP contribution in [-0.2, 0) is 4.79 Å². The van der Waals surface area contributed by atoms with Gasteiger partial charge in [0.05, 0.1) is 0 Å². The number of rotatable bonds is 4. The minimum atomic E-state index is -0.00388. The van der Waals surface area contributed by atoms with Crippen LogP contribution in [-0.4, -0.2) is 36.5 Å². The molecule has 4 heteroatoms. The summed E-state index contributed by atoms with van der Waals surface area (Å²) < 4.78 is 5.77. The largest absolute Gasteiger partial charge is 0.483 e. The minimum Gasteiger partial charge on any atom is -0.483 e. The number of amides is 1. The molecule has 0 radical (unpaired) electrons. The van der Waals surface area contributed by atoms with Crippen molar-refractivity contribution in [1.29, 1.82) is 0 Å². The van der Waals surface area contributed by atoms with Crippen LogP contribution in [0.5, 0.6) is 5.75 Å². The van der Waals surface area contributed by atoms with Gasteiger partial charge in [-0.25, -0.2) is 0 Å². The fourth-order valence-electron chi connectivity index (χ4n) is 2.69. The van der Waals surface area contributed by atoms with Crippen molar-refractivity contribution in [2.24, 2.45) is 5.73 Å². The normalized spacial score (nSPS) is 17.5. The summed E-state index contributed by atoms with van der Waals surface area (Å²) in [7, 11) is 0. The SMILES string of the molecule is N[C@@H]1CCN(C(=O)COc2ccccc2-c2ccccc2)C1. The van der Waals surface area contributed by atoms with Crippen LogP contribution in [0.4, 0.5) is 0 Å². The molecule has 1 aliphatic rings. The summed E-state index contributed by atoms with van der Waals surface area (Å²) in [6.45, 7) is 1.41. The first-order valence-electron chi connectivity index (χ1n) is 7.54. The molecule has 1 heterocycles. The molecule has 114 valence electrons. The highest BCUT2D eigenvalue weighted by atomic mass is 16.5. The third kappa shape index (κ3) is 3.28. The van der Waals surface area contributed by atoms with E-state index in [1.165, 1.54) is 0 Å². The summed E-state index contributed by atoms with van der Waals surface area (Å²) in [6.07, 6.45) is 0.867. The first-order chi connectivity index (χ1) is 10.7. The van der Waals surface area contributed by atoms with Gasteiger partial charge in [0.2, 0.25) is 0 Å². The zero-order valence-electron chi connectivity index (χ0n) is 12.4. The number of hydrogen-bond acceptors (Lipinski definition) is 3. The number of nitrogens with zero attached hydrogens (tertiary/aromatic N) is 1. The van der Waals surface area contributed by atoms with Gasteiger partial charge in [-0.05, 0) is 18.1 Å². The summed E-state index contributed by atoms with van der Waals surface area (Å²) in [5.74, 6) is 0.723. The van der Waals surface area contributed by atoms with Gasteiger partial charge in [-0.2, -0.15) is 0 Å². The summed E-state index contributed by atoms with van der Waals surface area (Å²) >= 11 is 0. The van der Waals surface area contributed by atoms with Gasteiger partial charge < -0.3 is 15.4 Å². The third-order valence-corrected chi connectivity index (χ3v) is 3.90. The molecule has 0 aliphatic carbocycles. The van der Waals surface area contributed by atoms with Crippen molar-refractivity contribution in [3.63, 3.8) is 0 Å². The zero-order valence-corrected chi connectivity index (χ0v) is 12.4. The molecule has 4 nitrogen and oxygen atoms in total. The van der Waals surface area contributed by atoms with Crippen molar-refractivity contribution in [2.45, 2.75) is 12.5 Å². The van der Waals surface area contributed by atoms with Crippen LogP contribution >= 0.6 is 0 Å². The van der Waals surface area contributed by atoms with E-state index in [-0.39, 0.29) is 18.6 Å². The number of likely N-dealkylation sites (tertiary alicyclic amines) is 1. The van der Waals surface area contributed by atoms with Gasteiger partial charge in [-0.15, -0.1) is 0 Å². The predicted octanol–water partition coefficient (Wildman–Crippen LogP) is 2.29. The summed E-state index contributed by atoms with van der Waals surface area (Å²) in [5, 5.41) is 0. The van der Waals surface area contributed by atoms with Gasteiger partial charge >= 0.3 is 0 Å². The molecule has 22 heavy (non-hydrogen) atoms. The second-order valence-electron chi connectivity index (χ2n) is 5.54. The maximum Gasteiger partial charge on any atom is 0.260 e. The fraction of sp³-hybridized carbons (Fsp3) is 0.278. The third-order valence-electron chi connectivity index (χ3n) is 3.90. The highest BCUT2D eigenvalue weighted by molar-refractivity contribution is 5.79. The van der Waals surface area contributed by atoms with Gasteiger partial charge in [0, 0.05) is 24.7 Å². The number of benzene rings is 2. The lowest BCUT2D eigenvalue weighted by atomic mass is 10.1. The Bertz CT molecular complexity index is 643. The molecule has 0 spiro atoms. The summed E-state index contributed by atoms with van der Waals surface area (Å²) in [6, 6.07) is 17.9. The molecule has 2 aromatic carbocycles. The van der Waals surface area contributed by atoms with E-state index in [9.17, 15) is 4.79 Å². The molecule has 0 aromatic heterocycles. The molecule has 1 aliphatic heterocycles. The van der Waals surface area contributed by atoms with Gasteiger partial charge in [0.1, 0.15) is 5.75 Å². The maximum atomic E-state index is 12.2. The molecule has 1 saturated heterocycles. The van der Waals surface area contributed by atoms with Crippen LogP contribution in [0.1, 0.15) is 6.42 Å². The van der Waals surface area contributed by atoms with Crippen LogP contribution in [0.15, 0.2) is 54.6 Å². The van der Waals surface area contributed by atoms with Crippen molar-refractivity contribution in [1.82, 2.24) is 4.90 Å². The molecular formula is C18H20N2O2. The van der Waals surface area contributed by atoms with Gasteiger partial charge in [0.15, 0.2) is 6.61 Å². The van der Waals surface area contributed by atoms with Crippen LogP contribution in [0.25, 0.3) is 11.1 Å². The molecule has 2 aromatic rings. The van der Waals surface area contributed by atoms with E-state index < -0.39 is 0 Å². The topological polar surface area (TPSA) is 55.6 Å². The molecule has 1 amide bonds. The Morgan fingerprint density at radius 1 is 1.14 bits per heavy atom. The van der Waals surface area contributed by atoms with Gasteiger partial charge in [-0.3, -0.25) is 4.79 Å². The molecule has 0 unspecified atom stereocenters. The van der Waals surface area contributed by atoms with Crippen LogP contribution in [0.2, 0.25) is 0 Å². The highest BCUT2D eigenvalue weighted by Crippen LogP contribution is 2.29. The quantitative estimate of drug-likeness (QED) is 0.942. The Kier molecular flexibility index (Phi) is 4.39. The molecule has 3 rings (SSSR count). The second kappa shape index (κ2) is 6.62.